The Morgan fingerprint density at radius 2 is 2.31 bits per heavy atom. The molecule has 2 fully saturated rings. The lowest BCUT2D eigenvalue weighted by molar-refractivity contribution is 0.196. The van der Waals surface area contributed by atoms with E-state index in [1.165, 1.54) is 51.9 Å². The van der Waals surface area contributed by atoms with Crippen LogP contribution in [-0.2, 0) is 0 Å². The summed E-state index contributed by atoms with van der Waals surface area (Å²) >= 11 is 0. The van der Waals surface area contributed by atoms with Crippen LogP contribution in [-0.4, -0.2) is 37.1 Å². The minimum atomic E-state index is 0.852. The Bertz CT molecular complexity index is 152. The summed E-state index contributed by atoms with van der Waals surface area (Å²) in [5.41, 5.74) is 0. The molecular formula is C11H22N2. The molecular weight excluding hydrogens is 160 g/mol. The molecule has 2 aliphatic heterocycles. The predicted octanol–water partition coefficient (Wildman–Crippen LogP) is 1.47. The van der Waals surface area contributed by atoms with Crippen molar-refractivity contribution in [3.05, 3.63) is 0 Å². The highest BCUT2D eigenvalue weighted by molar-refractivity contribution is 4.84. The van der Waals surface area contributed by atoms with Gasteiger partial charge in [0.1, 0.15) is 0 Å². The number of piperidine rings is 1. The minimum Gasteiger partial charge on any atom is -0.315 e. The maximum absolute atomic E-state index is 3.50. The number of rotatable bonds is 2. The van der Waals surface area contributed by atoms with Gasteiger partial charge in [-0.1, -0.05) is 13.3 Å². The highest BCUT2D eigenvalue weighted by Crippen LogP contribution is 2.23. The van der Waals surface area contributed by atoms with Crippen LogP contribution in [0.15, 0.2) is 0 Å². The monoisotopic (exact) mass is 182 g/mol. The average molecular weight is 182 g/mol. The summed E-state index contributed by atoms with van der Waals surface area (Å²) in [4.78, 5) is 2.71. The van der Waals surface area contributed by atoms with Crippen LogP contribution >= 0.6 is 0 Å². The molecule has 2 nitrogen and oxygen atoms in total. The molecule has 0 aliphatic carbocycles. The van der Waals surface area contributed by atoms with Gasteiger partial charge in [-0.05, 0) is 38.3 Å². The Balaban J connectivity index is 1.80. The third-order valence-corrected chi connectivity index (χ3v) is 3.68. The quantitative estimate of drug-likeness (QED) is 0.695. The van der Waals surface area contributed by atoms with Gasteiger partial charge in [0, 0.05) is 19.1 Å². The van der Waals surface area contributed by atoms with Crippen molar-refractivity contribution in [2.75, 3.05) is 26.2 Å². The first-order valence-electron chi connectivity index (χ1n) is 5.85. The molecule has 2 unspecified atom stereocenters. The lowest BCUT2D eigenvalue weighted by Gasteiger charge is -2.31. The molecule has 0 amide bonds. The Labute approximate surface area is 81.7 Å². The van der Waals surface area contributed by atoms with Gasteiger partial charge in [0.2, 0.25) is 0 Å². The molecule has 76 valence electrons. The summed E-state index contributed by atoms with van der Waals surface area (Å²) in [5.74, 6) is 0.988. The lowest BCUT2D eigenvalue weighted by Crippen LogP contribution is -2.44. The van der Waals surface area contributed by atoms with Crippen LogP contribution in [0.4, 0.5) is 0 Å². The molecule has 1 N–H and O–H groups in total. The molecule has 2 heteroatoms. The van der Waals surface area contributed by atoms with Crippen molar-refractivity contribution in [2.24, 2.45) is 5.92 Å². The van der Waals surface area contributed by atoms with Crippen LogP contribution < -0.4 is 5.32 Å². The van der Waals surface area contributed by atoms with Crippen LogP contribution in [0.3, 0.4) is 0 Å². The molecule has 0 saturated carbocycles. The summed E-state index contributed by atoms with van der Waals surface area (Å²) in [6.07, 6.45) is 5.60. The average Bonchev–Trinajstić information content (AvgIpc) is 2.67. The van der Waals surface area contributed by atoms with Crippen molar-refractivity contribution in [2.45, 2.75) is 38.6 Å². The normalized spacial score (nSPS) is 36.7. The van der Waals surface area contributed by atoms with Crippen LogP contribution in [0.5, 0.6) is 0 Å². The molecule has 0 radical (unpaired) electrons. The second-order valence-corrected chi connectivity index (χ2v) is 4.56. The lowest BCUT2D eigenvalue weighted by atomic mass is 10.1. The van der Waals surface area contributed by atoms with E-state index in [1.54, 1.807) is 0 Å². The van der Waals surface area contributed by atoms with E-state index >= 15 is 0 Å². The molecule has 0 bridgehead atoms. The fraction of sp³-hybridized carbons (Fsp3) is 1.00. The third kappa shape index (κ3) is 2.23. The van der Waals surface area contributed by atoms with E-state index in [2.05, 4.69) is 17.1 Å². The Morgan fingerprint density at radius 1 is 1.38 bits per heavy atom. The fourth-order valence-electron chi connectivity index (χ4n) is 2.67. The molecule has 0 spiro atoms. The minimum absolute atomic E-state index is 0.852. The maximum atomic E-state index is 3.50. The molecule has 13 heavy (non-hydrogen) atoms. The first-order chi connectivity index (χ1) is 6.40. The molecule has 2 atom stereocenters. The van der Waals surface area contributed by atoms with Gasteiger partial charge < -0.3 is 5.32 Å². The van der Waals surface area contributed by atoms with E-state index in [9.17, 15) is 0 Å². The van der Waals surface area contributed by atoms with Crippen LogP contribution in [0, 0.1) is 5.92 Å². The Hall–Kier alpha value is -0.0800. The second kappa shape index (κ2) is 4.43. The highest BCUT2D eigenvalue weighted by Gasteiger charge is 2.27. The number of nitrogens with one attached hydrogen (secondary N) is 1. The summed E-state index contributed by atoms with van der Waals surface area (Å²) in [5, 5.41) is 3.50. The van der Waals surface area contributed by atoms with E-state index in [1.807, 2.05) is 0 Å². The van der Waals surface area contributed by atoms with Gasteiger partial charge in [-0.25, -0.2) is 0 Å². The molecule has 2 rings (SSSR count). The van der Waals surface area contributed by atoms with Gasteiger partial charge in [0.15, 0.2) is 0 Å². The first-order valence-corrected chi connectivity index (χ1v) is 5.85. The van der Waals surface area contributed by atoms with Gasteiger partial charge >= 0.3 is 0 Å². The predicted molar refractivity (Wildman–Crippen MR) is 55.9 cm³/mol. The molecule has 0 aromatic heterocycles. The van der Waals surface area contributed by atoms with Crippen LogP contribution in [0.25, 0.3) is 0 Å². The van der Waals surface area contributed by atoms with Crippen molar-refractivity contribution < 1.29 is 0 Å². The summed E-state index contributed by atoms with van der Waals surface area (Å²) in [6.45, 7) is 7.51. The zero-order valence-corrected chi connectivity index (χ0v) is 8.76. The van der Waals surface area contributed by atoms with Gasteiger partial charge in [-0.3, -0.25) is 4.90 Å². The summed E-state index contributed by atoms with van der Waals surface area (Å²) < 4.78 is 0. The van der Waals surface area contributed by atoms with Gasteiger partial charge in [-0.2, -0.15) is 0 Å². The third-order valence-electron chi connectivity index (χ3n) is 3.68. The van der Waals surface area contributed by atoms with E-state index in [0.29, 0.717) is 0 Å². The molecule has 2 aliphatic rings. The van der Waals surface area contributed by atoms with Crippen LogP contribution in [0.1, 0.15) is 32.6 Å². The standard InChI is InChI=1S/C11H22N2/c1-2-10-5-7-13(9-10)11-4-3-6-12-8-11/h10-12H,2-9H2,1H3. The van der Waals surface area contributed by atoms with Crippen LogP contribution in [0.2, 0.25) is 0 Å². The zero-order valence-electron chi connectivity index (χ0n) is 8.76. The molecule has 2 saturated heterocycles. The topological polar surface area (TPSA) is 15.3 Å². The second-order valence-electron chi connectivity index (χ2n) is 4.56. The number of likely N-dealkylation sites (tertiary alicyclic amines) is 1. The smallest absolute Gasteiger partial charge is 0.0221 e. The van der Waals surface area contributed by atoms with E-state index in [0.717, 1.165) is 12.0 Å². The maximum Gasteiger partial charge on any atom is 0.0221 e. The van der Waals surface area contributed by atoms with Gasteiger partial charge in [-0.15, -0.1) is 0 Å². The number of hydrogen-bond donors (Lipinski definition) is 1. The number of hydrogen-bond acceptors (Lipinski definition) is 2. The number of nitrogens with zero attached hydrogens (tertiary/aromatic N) is 1. The molecule has 0 aromatic rings. The van der Waals surface area contributed by atoms with E-state index in [4.69, 9.17) is 0 Å². The van der Waals surface area contributed by atoms with Crippen molar-refractivity contribution in [1.29, 1.82) is 0 Å². The fourth-order valence-corrected chi connectivity index (χ4v) is 2.67. The Morgan fingerprint density at radius 3 is 2.92 bits per heavy atom. The van der Waals surface area contributed by atoms with Crippen molar-refractivity contribution in [3.63, 3.8) is 0 Å². The van der Waals surface area contributed by atoms with Gasteiger partial charge in [0.25, 0.3) is 0 Å². The zero-order chi connectivity index (χ0) is 9.10. The summed E-state index contributed by atoms with van der Waals surface area (Å²) in [6, 6.07) is 0.852. The molecule has 2 heterocycles. The van der Waals surface area contributed by atoms with Crippen molar-refractivity contribution in [1.82, 2.24) is 10.2 Å². The van der Waals surface area contributed by atoms with Gasteiger partial charge in [0.05, 0.1) is 0 Å². The largest absolute Gasteiger partial charge is 0.315 e. The first kappa shape index (κ1) is 9.47. The molecule has 0 aromatic carbocycles. The highest BCUT2D eigenvalue weighted by atomic mass is 15.2. The van der Waals surface area contributed by atoms with Crippen molar-refractivity contribution in [3.8, 4) is 0 Å². The summed E-state index contributed by atoms with van der Waals surface area (Å²) in [7, 11) is 0. The Kier molecular flexibility index (Phi) is 3.23. The SMILES string of the molecule is CCC1CCN(C2CCCNC2)C1. The van der Waals surface area contributed by atoms with Crippen molar-refractivity contribution >= 4 is 0 Å². The van der Waals surface area contributed by atoms with E-state index < -0.39 is 0 Å². The van der Waals surface area contributed by atoms with E-state index in [-0.39, 0.29) is 0 Å².